The summed E-state index contributed by atoms with van der Waals surface area (Å²) in [5.41, 5.74) is 1.75. The number of nitrogens with zero attached hydrogens (tertiary/aromatic N) is 1. The number of rotatable bonds is 6. The van der Waals surface area contributed by atoms with E-state index in [4.69, 9.17) is 4.74 Å². The van der Waals surface area contributed by atoms with Gasteiger partial charge in [-0.05, 0) is 0 Å². The standard InChI is InChI=1S/C22H21N3O4Se/c1-13(22(28)29-2)24-20(26)18(11-14-12-23-17-9-5-3-7-15(14)17)25-21(27)16-8-4-6-10-19(16)30-25/h3-10,12-13,18,23H,11H2,1-2H3,(H,24,26)/t13-,18-/m0/s1. The molecule has 2 aromatic carbocycles. The molecule has 2 heterocycles. The zero-order valence-electron chi connectivity index (χ0n) is 16.5. The fourth-order valence-electron chi connectivity index (χ4n) is 3.53. The van der Waals surface area contributed by atoms with Crippen molar-refractivity contribution in [1.82, 2.24) is 13.9 Å². The summed E-state index contributed by atoms with van der Waals surface area (Å²) in [6.45, 7) is 1.57. The number of hydrogen-bond acceptors (Lipinski definition) is 4. The number of hydrogen-bond donors (Lipinski definition) is 2. The number of methoxy groups -OCH3 is 1. The molecule has 1 amide bonds. The van der Waals surface area contributed by atoms with Gasteiger partial charge in [0, 0.05) is 0 Å². The number of aromatic nitrogens is 2. The van der Waals surface area contributed by atoms with E-state index in [1.54, 1.807) is 16.6 Å². The number of carbonyl (C=O) groups is 2. The molecule has 0 aliphatic heterocycles. The Hall–Kier alpha value is -3.09. The third kappa shape index (κ3) is 3.72. The summed E-state index contributed by atoms with van der Waals surface area (Å²) < 4.78 is 7.31. The zero-order chi connectivity index (χ0) is 21.3. The number of amides is 1. The molecule has 0 saturated heterocycles. The average molecular weight is 470 g/mol. The summed E-state index contributed by atoms with van der Waals surface area (Å²) in [4.78, 5) is 41.3. The van der Waals surface area contributed by atoms with Crippen LogP contribution < -0.4 is 10.9 Å². The minimum absolute atomic E-state index is 0.156. The molecule has 154 valence electrons. The topological polar surface area (TPSA) is 93.2 Å². The molecular formula is C22H21N3O4Se. The molecule has 0 bridgehead atoms. The molecule has 2 aromatic heterocycles. The van der Waals surface area contributed by atoms with Gasteiger partial charge in [-0.15, -0.1) is 0 Å². The van der Waals surface area contributed by atoms with E-state index in [2.05, 4.69) is 10.3 Å². The van der Waals surface area contributed by atoms with Gasteiger partial charge >= 0.3 is 179 Å². The third-order valence-electron chi connectivity index (χ3n) is 5.10. The van der Waals surface area contributed by atoms with E-state index >= 15 is 0 Å². The van der Waals surface area contributed by atoms with Crippen molar-refractivity contribution in [2.45, 2.75) is 25.4 Å². The van der Waals surface area contributed by atoms with Crippen molar-refractivity contribution in [1.29, 1.82) is 0 Å². The number of para-hydroxylation sites is 1. The van der Waals surface area contributed by atoms with Gasteiger partial charge in [0.25, 0.3) is 0 Å². The van der Waals surface area contributed by atoms with Gasteiger partial charge in [-0.25, -0.2) is 0 Å². The first-order valence-electron chi connectivity index (χ1n) is 9.53. The van der Waals surface area contributed by atoms with Crippen LogP contribution in [0.1, 0.15) is 18.5 Å². The SMILES string of the molecule is COC(=O)[C@H](C)NC(=O)[C@H](Cc1c[nH]c2ccccc12)n1[se]c2ccccc2c1=O. The molecular weight excluding hydrogens is 449 g/mol. The van der Waals surface area contributed by atoms with Gasteiger partial charge in [0.05, 0.1) is 0 Å². The Bertz CT molecular complexity index is 1290. The summed E-state index contributed by atoms with van der Waals surface area (Å²) in [6, 6.07) is 13.7. The summed E-state index contributed by atoms with van der Waals surface area (Å²) in [5, 5.41) is 4.35. The Morgan fingerprint density at radius 3 is 2.57 bits per heavy atom. The second-order valence-electron chi connectivity index (χ2n) is 7.05. The maximum absolute atomic E-state index is 13.2. The zero-order valence-corrected chi connectivity index (χ0v) is 18.3. The van der Waals surface area contributed by atoms with Crippen molar-refractivity contribution in [3.05, 3.63) is 70.6 Å². The van der Waals surface area contributed by atoms with Crippen LogP contribution in [-0.4, -0.2) is 48.3 Å². The Labute approximate surface area is 178 Å². The monoisotopic (exact) mass is 471 g/mol. The van der Waals surface area contributed by atoms with Crippen LogP contribution in [0.5, 0.6) is 0 Å². The molecule has 0 spiro atoms. The Morgan fingerprint density at radius 2 is 1.83 bits per heavy atom. The predicted octanol–water partition coefficient (Wildman–Crippen LogP) is 2.00. The van der Waals surface area contributed by atoms with Crippen molar-refractivity contribution in [3.8, 4) is 0 Å². The van der Waals surface area contributed by atoms with Crippen LogP contribution in [0.2, 0.25) is 0 Å². The molecule has 0 radical (unpaired) electrons. The summed E-state index contributed by atoms with van der Waals surface area (Å²) in [7, 11) is 1.28. The van der Waals surface area contributed by atoms with Crippen LogP contribution >= 0.6 is 0 Å². The van der Waals surface area contributed by atoms with Gasteiger partial charge in [-0.1, -0.05) is 0 Å². The molecule has 4 rings (SSSR count). The minimum atomic E-state index is -0.805. The van der Waals surface area contributed by atoms with Crippen LogP contribution in [0.4, 0.5) is 0 Å². The first-order chi connectivity index (χ1) is 14.5. The quantitative estimate of drug-likeness (QED) is 0.333. The van der Waals surface area contributed by atoms with Crippen molar-refractivity contribution >= 4 is 47.2 Å². The molecule has 0 unspecified atom stereocenters. The molecule has 2 atom stereocenters. The van der Waals surface area contributed by atoms with Gasteiger partial charge in [0.15, 0.2) is 0 Å². The average Bonchev–Trinajstić information content (AvgIpc) is 3.32. The van der Waals surface area contributed by atoms with Crippen molar-refractivity contribution < 1.29 is 14.3 Å². The van der Waals surface area contributed by atoms with Gasteiger partial charge in [-0.3, -0.25) is 0 Å². The number of ether oxygens (including phenoxy) is 1. The number of carbonyl (C=O) groups excluding carboxylic acids is 2. The Morgan fingerprint density at radius 1 is 1.13 bits per heavy atom. The van der Waals surface area contributed by atoms with Crippen molar-refractivity contribution in [3.63, 3.8) is 0 Å². The summed E-state index contributed by atoms with van der Waals surface area (Å²) in [6.07, 6.45) is 2.21. The van der Waals surface area contributed by atoms with Gasteiger partial charge in [0.2, 0.25) is 0 Å². The number of benzene rings is 2. The van der Waals surface area contributed by atoms with Crippen LogP contribution in [0.3, 0.4) is 0 Å². The van der Waals surface area contributed by atoms with Crippen molar-refractivity contribution in [2.24, 2.45) is 0 Å². The van der Waals surface area contributed by atoms with Crippen LogP contribution in [-0.2, 0) is 20.7 Å². The van der Waals surface area contributed by atoms with E-state index in [0.717, 1.165) is 20.7 Å². The third-order valence-corrected chi connectivity index (χ3v) is 7.56. The Balaban J connectivity index is 1.76. The molecule has 4 aromatic rings. The normalized spacial score (nSPS) is 13.3. The molecule has 0 aliphatic rings. The van der Waals surface area contributed by atoms with Crippen molar-refractivity contribution in [2.75, 3.05) is 7.11 Å². The number of fused-ring (bicyclic) bond motifs is 2. The second-order valence-corrected chi connectivity index (χ2v) is 9.18. The number of nitrogens with one attached hydrogen (secondary N) is 2. The van der Waals surface area contributed by atoms with E-state index in [-0.39, 0.29) is 26.2 Å². The van der Waals surface area contributed by atoms with Crippen LogP contribution in [0.15, 0.2) is 59.5 Å². The number of esters is 1. The van der Waals surface area contributed by atoms with E-state index in [1.165, 1.54) is 7.11 Å². The number of aromatic amines is 1. The molecule has 7 nitrogen and oxygen atoms in total. The van der Waals surface area contributed by atoms with E-state index in [1.807, 2.05) is 48.7 Å². The summed E-state index contributed by atoms with van der Waals surface area (Å²) >= 11 is -0.323. The predicted molar refractivity (Wildman–Crippen MR) is 116 cm³/mol. The molecule has 0 saturated carbocycles. The fourth-order valence-corrected chi connectivity index (χ4v) is 5.80. The van der Waals surface area contributed by atoms with Crippen LogP contribution in [0, 0.1) is 0 Å². The van der Waals surface area contributed by atoms with E-state index in [9.17, 15) is 14.4 Å². The first kappa shape index (κ1) is 20.2. The second kappa shape index (κ2) is 8.34. The molecule has 2 N–H and O–H groups in total. The fraction of sp³-hybridized carbons (Fsp3) is 0.227. The van der Waals surface area contributed by atoms with Gasteiger partial charge in [0.1, 0.15) is 0 Å². The van der Waals surface area contributed by atoms with E-state index < -0.39 is 18.1 Å². The van der Waals surface area contributed by atoms with E-state index in [0.29, 0.717) is 11.8 Å². The van der Waals surface area contributed by atoms with Gasteiger partial charge in [-0.2, -0.15) is 0 Å². The molecule has 0 fully saturated rings. The van der Waals surface area contributed by atoms with Gasteiger partial charge < -0.3 is 0 Å². The molecule has 0 aliphatic carbocycles. The van der Waals surface area contributed by atoms with Crippen LogP contribution in [0.25, 0.3) is 20.5 Å². The number of H-pyrrole nitrogens is 1. The Kier molecular flexibility index (Phi) is 5.61. The summed E-state index contributed by atoms with van der Waals surface area (Å²) in [5.74, 6) is -0.906. The maximum atomic E-state index is 13.2. The molecule has 8 heteroatoms. The molecule has 30 heavy (non-hydrogen) atoms. The first-order valence-corrected chi connectivity index (χ1v) is 11.2.